The molecule has 7 heteroatoms. The van der Waals surface area contributed by atoms with Gasteiger partial charge in [0.05, 0.1) is 12.7 Å². The van der Waals surface area contributed by atoms with Crippen LogP contribution in [0.1, 0.15) is 13.3 Å². The minimum atomic E-state index is -1.35. The number of carbonyl (C=O) groups excluding carboxylic acids is 1. The summed E-state index contributed by atoms with van der Waals surface area (Å²) in [6, 6.07) is 0.400. The van der Waals surface area contributed by atoms with Gasteiger partial charge in [0.1, 0.15) is 12.2 Å². The maximum atomic E-state index is 11.4. The molecule has 0 saturated carbocycles. The SMILES string of the molecule is CC(=O)N1C[C@@H]2C[C@H]1CN2C[C@H](O)[C@H](O)[C@H](O)CO. The molecule has 0 aromatic heterocycles. The van der Waals surface area contributed by atoms with Crippen molar-refractivity contribution in [3.05, 3.63) is 0 Å². The molecule has 7 nitrogen and oxygen atoms in total. The quantitative estimate of drug-likeness (QED) is 0.437. The van der Waals surface area contributed by atoms with E-state index in [4.69, 9.17) is 5.11 Å². The minimum Gasteiger partial charge on any atom is -0.394 e. The van der Waals surface area contributed by atoms with Crippen LogP contribution in [0.3, 0.4) is 0 Å². The second-order valence-electron chi connectivity index (χ2n) is 5.48. The van der Waals surface area contributed by atoms with Crippen molar-refractivity contribution in [3.8, 4) is 0 Å². The fourth-order valence-corrected chi connectivity index (χ4v) is 3.07. The lowest BCUT2D eigenvalue weighted by Gasteiger charge is -2.35. The van der Waals surface area contributed by atoms with Gasteiger partial charge in [-0.2, -0.15) is 0 Å². The first-order valence-corrected chi connectivity index (χ1v) is 6.60. The van der Waals surface area contributed by atoms with E-state index in [9.17, 15) is 20.1 Å². The van der Waals surface area contributed by atoms with Crippen LogP contribution >= 0.6 is 0 Å². The van der Waals surface area contributed by atoms with Crippen molar-refractivity contribution in [1.82, 2.24) is 9.80 Å². The number of rotatable bonds is 5. The van der Waals surface area contributed by atoms with Gasteiger partial charge in [-0.15, -0.1) is 0 Å². The summed E-state index contributed by atoms with van der Waals surface area (Å²) in [5, 5.41) is 37.5. The molecule has 2 heterocycles. The molecule has 2 rings (SSSR count). The molecule has 4 N–H and O–H groups in total. The molecular weight excluding hydrogens is 252 g/mol. The molecule has 2 saturated heterocycles. The van der Waals surface area contributed by atoms with Crippen LogP contribution in [-0.2, 0) is 4.79 Å². The van der Waals surface area contributed by atoms with Crippen LogP contribution in [0.5, 0.6) is 0 Å². The molecular formula is C12H22N2O5. The first kappa shape index (κ1) is 14.7. The van der Waals surface area contributed by atoms with Crippen LogP contribution < -0.4 is 0 Å². The maximum absolute atomic E-state index is 11.4. The first-order chi connectivity index (χ1) is 8.93. The maximum Gasteiger partial charge on any atom is 0.219 e. The molecule has 110 valence electrons. The van der Waals surface area contributed by atoms with E-state index >= 15 is 0 Å². The van der Waals surface area contributed by atoms with E-state index in [1.165, 1.54) is 0 Å². The molecule has 0 aliphatic carbocycles. The Morgan fingerprint density at radius 3 is 2.37 bits per heavy atom. The van der Waals surface area contributed by atoms with Gasteiger partial charge < -0.3 is 25.3 Å². The Morgan fingerprint density at radius 1 is 1.21 bits per heavy atom. The number of carbonyl (C=O) groups is 1. The Balaban J connectivity index is 1.85. The normalized spacial score (nSPS) is 31.5. The predicted molar refractivity (Wildman–Crippen MR) is 66.3 cm³/mol. The fraction of sp³-hybridized carbons (Fsp3) is 0.917. The molecule has 2 fully saturated rings. The van der Waals surface area contributed by atoms with Gasteiger partial charge in [0.2, 0.25) is 5.91 Å². The smallest absolute Gasteiger partial charge is 0.219 e. The largest absolute Gasteiger partial charge is 0.394 e. The van der Waals surface area contributed by atoms with Crippen molar-refractivity contribution >= 4 is 5.91 Å². The third kappa shape index (κ3) is 2.90. The topological polar surface area (TPSA) is 104 Å². The third-order valence-electron chi connectivity index (χ3n) is 4.16. The van der Waals surface area contributed by atoms with Crippen LogP contribution in [0.25, 0.3) is 0 Å². The second kappa shape index (κ2) is 5.72. The average molecular weight is 274 g/mol. The van der Waals surface area contributed by atoms with Crippen molar-refractivity contribution in [2.75, 3.05) is 26.2 Å². The summed E-state index contributed by atoms with van der Waals surface area (Å²) in [6.45, 7) is 2.56. The Labute approximate surface area is 112 Å². The van der Waals surface area contributed by atoms with Gasteiger partial charge in [-0.1, -0.05) is 0 Å². The van der Waals surface area contributed by atoms with Crippen LogP contribution in [0.4, 0.5) is 0 Å². The highest BCUT2D eigenvalue weighted by molar-refractivity contribution is 5.74. The molecule has 0 spiro atoms. The number of aliphatic hydroxyl groups excluding tert-OH is 4. The van der Waals surface area contributed by atoms with Crippen LogP contribution in [0, 0.1) is 0 Å². The molecule has 0 aromatic rings. The third-order valence-corrected chi connectivity index (χ3v) is 4.16. The second-order valence-corrected chi connectivity index (χ2v) is 5.48. The monoisotopic (exact) mass is 274 g/mol. The summed E-state index contributed by atoms with van der Waals surface area (Å²) in [5.41, 5.74) is 0. The summed E-state index contributed by atoms with van der Waals surface area (Å²) in [4.78, 5) is 15.2. The van der Waals surface area contributed by atoms with Gasteiger partial charge in [0.25, 0.3) is 0 Å². The summed E-state index contributed by atoms with van der Waals surface area (Å²) in [6.07, 6.45) is -2.89. The number of hydrogen-bond acceptors (Lipinski definition) is 6. The lowest BCUT2D eigenvalue weighted by molar-refractivity contribution is -0.131. The number of piperazine rings is 1. The van der Waals surface area contributed by atoms with Crippen molar-refractivity contribution in [1.29, 1.82) is 0 Å². The summed E-state index contributed by atoms with van der Waals surface area (Å²) in [5.74, 6) is 0.0726. The van der Waals surface area contributed by atoms with Gasteiger partial charge >= 0.3 is 0 Å². The number of hydrogen-bond donors (Lipinski definition) is 4. The molecule has 1 amide bonds. The molecule has 0 unspecified atom stereocenters. The summed E-state index contributed by atoms with van der Waals surface area (Å²) < 4.78 is 0. The van der Waals surface area contributed by atoms with Crippen molar-refractivity contribution in [2.45, 2.75) is 43.7 Å². The fourth-order valence-electron chi connectivity index (χ4n) is 3.07. The zero-order valence-corrected chi connectivity index (χ0v) is 11.0. The number of nitrogens with zero attached hydrogens (tertiary/aromatic N) is 2. The van der Waals surface area contributed by atoms with Crippen molar-refractivity contribution < 1.29 is 25.2 Å². The van der Waals surface area contributed by atoms with E-state index in [-0.39, 0.29) is 24.5 Å². The van der Waals surface area contributed by atoms with Crippen molar-refractivity contribution in [2.24, 2.45) is 0 Å². The van der Waals surface area contributed by atoms with Crippen LogP contribution in [0.2, 0.25) is 0 Å². The highest BCUT2D eigenvalue weighted by Gasteiger charge is 2.45. The molecule has 2 bridgehead atoms. The zero-order chi connectivity index (χ0) is 14.2. The van der Waals surface area contributed by atoms with Gasteiger partial charge in [-0.3, -0.25) is 9.69 Å². The van der Waals surface area contributed by atoms with E-state index < -0.39 is 24.9 Å². The molecule has 19 heavy (non-hydrogen) atoms. The predicted octanol–water partition coefficient (Wildman–Crippen LogP) is -2.63. The summed E-state index contributed by atoms with van der Waals surface area (Å²) in [7, 11) is 0. The van der Waals surface area contributed by atoms with Gasteiger partial charge in [0, 0.05) is 38.6 Å². The summed E-state index contributed by atoms with van der Waals surface area (Å²) >= 11 is 0. The molecule has 2 aliphatic rings. The molecule has 5 atom stereocenters. The van der Waals surface area contributed by atoms with Crippen LogP contribution in [-0.4, -0.2) is 92.8 Å². The molecule has 0 radical (unpaired) electrons. The lowest BCUT2D eigenvalue weighted by atomic mass is 10.1. The minimum absolute atomic E-state index is 0.0726. The van der Waals surface area contributed by atoms with E-state index in [0.29, 0.717) is 13.1 Å². The Hall–Kier alpha value is -0.730. The standard InChI is InChI=1S/C12H22N2O5/c1-7(16)14-4-8-2-9(14)3-13(8)5-10(17)12(19)11(18)6-15/h8-12,15,17-19H,2-6H2,1H3/t8-,9-,10-,11+,12-/m0/s1. The first-order valence-electron chi connectivity index (χ1n) is 6.60. The molecule has 0 aromatic carbocycles. The van der Waals surface area contributed by atoms with E-state index in [1.54, 1.807) is 6.92 Å². The number of likely N-dealkylation sites (tertiary alicyclic amines) is 2. The van der Waals surface area contributed by atoms with Crippen molar-refractivity contribution in [3.63, 3.8) is 0 Å². The number of fused-ring (bicyclic) bond motifs is 2. The number of aliphatic hydroxyl groups is 4. The van der Waals surface area contributed by atoms with Crippen LogP contribution in [0.15, 0.2) is 0 Å². The Kier molecular flexibility index (Phi) is 4.42. The average Bonchev–Trinajstić information content (AvgIpc) is 2.96. The van der Waals surface area contributed by atoms with E-state index in [0.717, 1.165) is 6.42 Å². The van der Waals surface area contributed by atoms with Gasteiger partial charge in [-0.25, -0.2) is 0 Å². The van der Waals surface area contributed by atoms with E-state index in [2.05, 4.69) is 0 Å². The highest BCUT2D eigenvalue weighted by atomic mass is 16.4. The Bertz CT molecular complexity index is 340. The van der Waals surface area contributed by atoms with Gasteiger partial charge in [-0.05, 0) is 6.42 Å². The molecule has 2 aliphatic heterocycles. The number of β-amino-alcohol motifs (C(OH)–C–C–N with tert-alkyl or cyclic N) is 1. The van der Waals surface area contributed by atoms with Gasteiger partial charge in [0.15, 0.2) is 0 Å². The lowest BCUT2D eigenvalue weighted by Crippen LogP contribution is -2.52. The Morgan fingerprint density at radius 2 is 1.89 bits per heavy atom. The van der Waals surface area contributed by atoms with E-state index in [1.807, 2.05) is 9.80 Å². The highest BCUT2D eigenvalue weighted by Crippen LogP contribution is 2.30. The zero-order valence-electron chi connectivity index (χ0n) is 11.0. The number of amides is 1.